The van der Waals surface area contributed by atoms with Gasteiger partial charge in [-0.05, 0) is 33.7 Å². The highest BCUT2D eigenvalue weighted by Crippen LogP contribution is 1.95. The number of rotatable bonds is 4. The summed E-state index contributed by atoms with van der Waals surface area (Å²) in [5.74, 6) is 6.02. The molecule has 78 valence electrons. The fourth-order valence-electron chi connectivity index (χ4n) is 0.986. The van der Waals surface area contributed by atoms with E-state index in [1.165, 1.54) is 0 Å². The van der Waals surface area contributed by atoms with E-state index in [1.54, 1.807) is 0 Å². The Bertz CT molecular complexity index is 266. The van der Waals surface area contributed by atoms with Crippen LogP contribution in [0, 0.1) is 11.8 Å². The summed E-state index contributed by atoms with van der Waals surface area (Å²) < 4.78 is 0. The monoisotopic (exact) mass is 192 g/mol. The summed E-state index contributed by atoms with van der Waals surface area (Å²) in [5.41, 5.74) is 1.76. The molecule has 0 rings (SSSR count). The summed E-state index contributed by atoms with van der Waals surface area (Å²) in [4.78, 5) is 0. The first-order chi connectivity index (χ1) is 6.47. The van der Waals surface area contributed by atoms with E-state index >= 15 is 0 Å². The molecule has 0 aliphatic rings. The fraction of sp³-hybridized carbons (Fsp3) is 0.500. The minimum Gasteiger partial charge on any atom is -0.377 e. The Kier molecular flexibility index (Phi) is 5.74. The molecule has 0 aromatic heterocycles. The zero-order chi connectivity index (χ0) is 11.1. The molecule has 0 aliphatic carbocycles. The van der Waals surface area contributed by atoms with Gasteiger partial charge >= 0.3 is 0 Å². The van der Waals surface area contributed by atoms with E-state index in [2.05, 4.69) is 49.5 Å². The van der Waals surface area contributed by atoms with Gasteiger partial charge in [-0.25, -0.2) is 0 Å². The van der Waals surface area contributed by atoms with Crippen LogP contribution in [-0.4, -0.2) is 19.1 Å². The largest absolute Gasteiger partial charge is 0.377 e. The van der Waals surface area contributed by atoms with Crippen LogP contribution in [0.4, 0.5) is 0 Å². The third-order valence-corrected chi connectivity index (χ3v) is 1.61. The van der Waals surface area contributed by atoms with Crippen molar-refractivity contribution in [3.8, 4) is 11.8 Å². The number of likely N-dealkylation sites (N-methyl/N-ethyl adjacent to an activating group) is 1. The van der Waals surface area contributed by atoms with Crippen LogP contribution < -0.4 is 10.6 Å². The predicted molar refractivity (Wildman–Crippen MR) is 62.8 cm³/mol. The Balaban J connectivity index is 4.26. The molecular weight excluding hydrogens is 172 g/mol. The van der Waals surface area contributed by atoms with Gasteiger partial charge in [0.15, 0.2) is 0 Å². The maximum Gasteiger partial charge on any atom is 0.0901 e. The number of nitrogens with one attached hydrogen (secondary N) is 2. The Morgan fingerprint density at radius 3 is 2.21 bits per heavy atom. The first kappa shape index (κ1) is 12.8. The molecule has 0 aromatic rings. The predicted octanol–water partition coefficient (Wildman–Crippen LogP) is 1.67. The molecule has 14 heavy (non-hydrogen) atoms. The number of hydrogen-bond acceptors (Lipinski definition) is 2. The minimum absolute atomic E-state index is 0.0423. The minimum atomic E-state index is 0.0423. The second-order valence-corrected chi connectivity index (χ2v) is 3.61. The summed E-state index contributed by atoms with van der Waals surface area (Å²) in [6.07, 6.45) is 0. The van der Waals surface area contributed by atoms with E-state index < -0.39 is 0 Å². The topological polar surface area (TPSA) is 24.1 Å². The van der Waals surface area contributed by atoms with Crippen LogP contribution in [-0.2, 0) is 0 Å². The molecular formula is C12H20N2. The summed E-state index contributed by atoms with van der Waals surface area (Å²) in [6.45, 7) is 13.7. The van der Waals surface area contributed by atoms with Crippen molar-refractivity contribution in [3.05, 3.63) is 24.4 Å². The van der Waals surface area contributed by atoms with Crippen LogP contribution in [0.2, 0.25) is 0 Å². The molecule has 1 atom stereocenters. The average molecular weight is 192 g/mol. The van der Waals surface area contributed by atoms with Gasteiger partial charge in [0.05, 0.1) is 11.7 Å². The summed E-state index contributed by atoms with van der Waals surface area (Å²) >= 11 is 0. The third-order valence-electron chi connectivity index (χ3n) is 1.61. The molecule has 2 nitrogen and oxygen atoms in total. The van der Waals surface area contributed by atoms with Crippen molar-refractivity contribution in [2.24, 2.45) is 0 Å². The van der Waals surface area contributed by atoms with Gasteiger partial charge in [-0.15, -0.1) is 0 Å². The van der Waals surface area contributed by atoms with Gasteiger partial charge in [-0.3, -0.25) is 0 Å². The summed E-state index contributed by atoms with van der Waals surface area (Å²) in [6, 6.07) is 0.412. The Labute approximate surface area is 87.5 Å². The zero-order valence-electron chi connectivity index (χ0n) is 9.57. The molecule has 0 aromatic carbocycles. The van der Waals surface area contributed by atoms with E-state index in [4.69, 9.17) is 0 Å². The van der Waals surface area contributed by atoms with Crippen LogP contribution in [0.15, 0.2) is 24.4 Å². The molecule has 0 fully saturated rings. The molecule has 0 heterocycles. The van der Waals surface area contributed by atoms with E-state index in [1.807, 2.05) is 14.0 Å². The van der Waals surface area contributed by atoms with Crippen LogP contribution in [0.1, 0.15) is 20.8 Å². The van der Waals surface area contributed by atoms with Crippen molar-refractivity contribution >= 4 is 0 Å². The van der Waals surface area contributed by atoms with Gasteiger partial charge in [0.25, 0.3) is 0 Å². The lowest BCUT2D eigenvalue weighted by atomic mass is 10.1. The molecule has 0 saturated heterocycles. The van der Waals surface area contributed by atoms with Gasteiger partial charge < -0.3 is 10.6 Å². The molecule has 0 bridgehead atoms. The maximum atomic E-state index is 3.85. The summed E-state index contributed by atoms with van der Waals surface area (Å²) in [5, 5.41) is 6.20. The Morgan fingerprint density at radius 2 is 1.86 bits per heavy atom. The number of hydrogen-bond donors (Lipinski definition) is 2. The van der Waals surface area contributed by atoms with Gasteiger partial charge in [0.1, 0.15) is 0 Å². The molecule has 0 aliphatic heterocycles. The van der Waals surface area contributed by atoms with Crippen LogP contribution in [0.5, 0.6) is 0 Å². The molecule has 0 spiro atoms. The lowest BCUT2D eigenvalue weighted by Crippen LogP contribution is -2.25. The lowest BCUT2D eigenvalue weighted by molar-refractivity contribution is 0.686. The second kappa shape index (κ2) is 6.28. The molecule has 0 radical (unpaired) electrons. The van der Waals surface area contributed by atoms with Crippen molar-refractivity contribution in [1.29, 1.82) is 0 Å². The van der Waals surface area contributed by atoms with Gasteiger partial charge in [-0.1, -0.05) is 24.7 Å². The smallest absolute Gasteiger partial charge is 0.0901 e. The van der Waals surface area contributed by atoms with Gasteiger partial charge in [-0.2, -0.15) is 0 Å². The van der Waals surface area contributed by atoms with Gasteiger partial charge in [0, 0.05) is 6.04 Å². The molecule has 2 N–H and O–H groups in total. The Hall–Kier alpha value is -1.20. The molecule has 0 amide bonds. The van der Waals surface area contributed by atoms with E-state index in [-0.39, 0.29) is 6.04 Å². The number of allylic oxidation sites excluding steroid dienone is 1. The highest BCUT2D eigenvalue weighted by molar-refractivity contribution is 5.30. The fourth-order valence-corrected chi connectivity index (χ4v) is 0.986. The lowest BCUT2D eigenvalue weighted by Gasteiger charge is -2.09. The van der Waals surface area contributed by atoms with Crippen molar-refractivity contribution in [2.75, 3.05) is 7.05 Å². The second-order valence-electron chi connectivity index (χ2n) is 3.61. The van der Waals surface area contributed by atoms with Gasteiger partial charge in [0.2, 0.25) is 0 Å². The van der Waals surface area contributed by atoms with E-state index in [0.717, 1.165) is 11.3 Å². The normalized spacial score (nSPS) is 11.5. The highest BCUT2D eigenvalue weighted by atomic mass is 14.9. The van der Waals surface area contributed by atoms with E-state index in [0.29, 0.717) is 6.04 Å². The highest BCUT2D eigenvalue weighted by Gasteiger charge is 2.00. The standard InChI is InChI=1S/C12H20N2/c1-9(2)12(13-6)8-7-11(5)14-10(3)4/h10,12-14H,1,5H2,2-4,6H3. The first-order valence-corrected chi connectivity index (χ1v) is 4.77. The quantitative estimate of drug-likeness (QED) is 0.523. The van der Waals surface area contributed by atoms with Crippen molar-refractivity contribution in [2.45, 2.75) is 32.9 Å². The maximum absolute atomic E-state index is 3.85. The SMILES string of the molecule is C=C(C#CC(NC)C(=C)C)NC(C)C. The van der Waals surface area contributed by atoms with Crippen LogP contribution in [0.25, 0.3) is 0 Å². The van der Waals surface area contributed by atoms with E-state index in [9.17, 15) is 0 Å². The Morgan fingerprint density at radius 1 is 1.29 bits per heavy atom. The molecule has 2 heteroatoms. The van der Waals surface area contributed by atoms with Crippen LogP contribution in [0.3, 0.4) is 0 Å². The van der Waals surface area contributed by atoms with Crippen molar-refractivity contribution < 1.29 is 0 Å². The first-order valence-electron chi connectivity index (χ1n) is 4.77. The zero-order valence-corrected chi connectivity index (χ0v) is 9.57. The van der Waals surface area contributed by atoms with Crippen molar-refractivity contribution in [3.63, 3.8) is 0 Å². The van der Waals surface area contributed by atoms with Crippen LogP contribution >= 0.6 is 0 Å². The van der Waals surface area contributed by atoms with Crippen molar-refractivity contribution in [1.82, 2.24) is 10.6 Å². The molecule has 0 saturated carbocycles. The molecule has 1 unspecified atom stereocenters. The average Bonchev–Trinajstić information content (AvgIpc) is 2.03. The summed E-state index contributed by atoms with van der Waals surface area (Å²) in [7, 11) is 1.87. The third kappa shape index (κ3) is 5.45.